The van der Waals surface area contributed by atoms with Crippen molar-refractivity contribution in [2.24, 2.45) is 0 Å². The average molecular weight is 327 g/mol. The van der Waals surface area contributed by atoms with Gasteiger partial charge in [-0.05, 0) is 52.2 Å². The van der Waals surface area contributed by atoms with E-state index in [-0.39, 0.29) is 11.8 Å². The summed E-state index contributed by atoms with van der Waals surface area (Å²) < 4.78 is 12.0. The Balaban J connectivity index is 1.84. The van der Waals surface area contributed by atoms with E-state index in [1.807, 2.05) is 27.7 Å². The van der Waals surface area contributed by atoms with Gasteiger partial charge >= 0.3 is 7.12 Å². The molecule has 1 saturated heterocycles. The SMILES string of the molecule is C=C(B1OC(C)(C)C(C)(C)O1)C(C)N1C(=O)c2ccccc2C1=O. The summed E-state index contributed by atoms with van der Waals surface area (Å²) in [6, 6.07) is 6.31. The molecule has 1 atom stereocenters. The van der Waals surface area contributed by atoms with Gasteiger partial charge in [-0.1, -0.05) is 12.1 Å². The van der Waals surface area contributed by atoms with Gasteiger partial charge in [-0.25, -0.2) is 0 Å². The molecular weight excluding hydrogens is 305 g/mol. The normalized spacial score (nSPS) is 22.7. The Labute approximate surface area is 142 Å². The maximum atomic E-state index is 12.6. The highest BCUT2D eigenvalue weighted by atomic mass is 16.7. The van der Waals surface area contributed by atoms with Gasteiger partial charge in [0.25, 0.3) is 11.8 Å². The first-order valence-corrected chi connectivity index (χ1v) is 8.08. The van der Waals surface area contributed by atoms with Crippen LogP contribution in [0.15, 0.2) is 36.3 Å². The van der Waals surface area contributed by atoms with Crippen molar-refractivity contribution in [3.63, 3.8) is 0 Å². The zero-order valence-electron chi connectivity index (χ0n) is 14.8. The van der Waals surface area contributed by atoms with Crippen molar-refractivity contribution in [2.75, 3.05) is 0 Å². The molecule has 0 aliphatic carbocycles. The third-order valence-electron chi connectivity index (χ3n) is 5.31. The van der Waals surface area contributed by atoms with E-state index in [1.54, 1.807) is 31.2 Å². The summed E-state index contributed by atoms with van der Waals surface area (Å²) in [6.45, 7) is 13.6. The van der Waals surface area contributed by atoms with Crippen LogP contribution in [0.1, 0.15) is 55.3 Å². The average Bonchev–Trinajstić information content (AvgIpc) is 2.89. The molecule has 6 heteroatoms. The Morgan fingerprint density at radius 3 is 1.88 bits per heavy atom. The molecule has 1 aromatic rings. The molecule has 0 radical (unpaired) electrons. The highest BCUT2D eigenvalue weighted by Gasteiger charge is 2.54. The van der Waals surface area contributed by atoms with Crippen LogP contribution < -0.4 is 0 Å². The molecule has 2 aliphatic rings. The maximum Gasteiger partial charge on any atom is 0.492 e. The van der Waals surface area contributed by atoms with Crippen LogP contribution in [0.25, 0.3) is 0 Å². The molecule has 1 unspecified atom stereocenters. The number of rotatable bonds is 3. The van der Waals surface area contributed by atoms with Crippen LogP contribution in [0.5, 0.6) is 0 Å². The number of hydrogen-bond acceptors (Lipinski definition) is 4. The van der Waals surface area contributed by atoms with Crippen LogP contribution in [0.3, 0.4) is 0 Å². The first kappa shape index (κ1) is 16.9. The number of carbonyl (C=O) groups excluding carboxylic acids is 2. The second kappa shape index (κ2) is 5.29. The summed E-state index contributed by atoms with van der Waals surface area (Å²) in [5.74, 6) is -0.610. The highest BCUT2D eigenvalue weighted by molar-refractivity contribution is 6.55. The van der Waals surface area contributed by atoms with Crippen LogP contribution in [-0.4, -0.2) is 41.1 Å². The van der Waals surface area contributed by atoms with Crippen LogP contribution in [0.4, 0.5) is 0 Å². The predicted octanol–water partition coefficient (Wildman–Crippen LogP) is 2.86. The van der Waals surface area contributed by atoms with Crippen LogP contribution in [0.2, 0.25) is 0 Å². The number of amides is 2. The molecule has 24 heavy (non-hydrogen) atoms. The maximum absolute atomic E-state index is 12.6. The van der Waals surface area contributed by atoms with E-state index in [4.69, 9.17) is 9.31 Å². The van der Waals surface area contributed by atoms with Crippen LogP contribution in [0, 0.1) is 0 Å². The molecule has 1 aromatic carbocycles. The highest BCUT2D eigenvalue weighted by Crippen LogP contribution is 2.39. The van der Waals surface area contributed by atoms with Gasteiger partial charge in [0, 0.05) is 0 Å². The molecule has 0 saturated carbocycles. The summed E-state index contributed by atoms with van der Waals surface area (Å²) in [7, 11) is -0.658. The smallest absolute Gasteiger partial charge is 0.400 e. The summed E-state index contributed by atoms with van der Waals surface area (Å²) in [5, 5.41) is 0. The molecular formula is C18H22BNO4. The first-order chi connectivity index (χ1) is 11.1. The first-order valence-electron chi connectivity index (χ1n) is 8.08. The van der Waals surface area contributed by atoms with E-state index in [2.05, 4.69) is 6.58 Å². The molecule has 126 valence electrons. The predicted molar refractivity (Wildman–Crippen MR) is 91.6 cm³/mol. The molecule has 0 aromatic heterocycles. The second-order valence-corrected chi connectivity index (χ2v) is 7.37. The van der Waals surface area contributed by atoms with E-state index in [1.165, 1.54) is 4.90 Å². The monoisotopic (exact) mass is 327 g/mol. The molecule has 3 rings (SSSR count). The van der Waals surface area contributed by atoms with Crippen molar-refractivity contribution < 1.29 is 18.9 Å². The van der Waals surface area contributed by atoms with Crippen molar-refractivity contribution in [3.8, 4) is 0 Å². The van der Waals surface area contributed by atoms with Crippen molar-refractivity contribution in [1.82, 2.24) is 4.90 Å². The van der Waals surface area contributed by atoms with Gasteiger partial charge in [0.15, 0.2) is 0 Å². The molecule has 5 nitrogen and oxygen atoms in total. The van der Waals surface area contributed by atoms with Gasteiger partial charge in [0.05, 0.1) is 28.4 Å². The van der Waals surface area contributed by atoms with E-state index in [0.29, 0.717) is 16.6 Å². The summed E-state index contributed by atoms with van der Waals surface area (Å²) in [4.78, 5) is 26.4. The van der Waals surface area contributed by atoms with Gasteiger partial charge < -0.3 is 9.31 Å². The Morgan fingerprint density at radius 1 is 1.04 bits per heavy atom. The molecule has 2 heterocycles. The molecule has 2 amide bonds. The van der Waals surface area contributed by atoms with Gasteiger partial charge in [0.1, 0.15) is 0 Å². The minimum Gasteiger partial charge on any atom is -0.400 e. The van der Waals surface area contributed by atoms with Crippen LogP contribution in [-0.2, 0) is 9.31 Å². The fourth-order valence-electron chi connectivity index (χ4n) is 2.92. The van der Waals surface area contributed by atoms with E-state index in [9.17, 15) is 9.59 Å². The lowest BCUT2D eigenvalue weighted by Gasteiger charge is -2.32. The Kier molecular flexibility index (Phi) is 3.73. The number of nitrogens with zero attached hydrogens (tertiary/aromatic N) is 1. The summed E-state index contributed by atoms with van der Waals surface area (Å²) in [5.41, 5.74) is 0.417. The fraction of sp³-hybridized carbons (Fsp3) is 0.444. The summed E-state index contributed by atoms with van der Waals surface area (Å²) >= 11 is 0. The van der Waals surface area contributed by atoms with Gasteiger partial charge in [-0.3, -0.25) is 14.5 Å². The minimum atomic E-state index is -0.658. The standard InChI is InChI=1S/C18H22BNO4/c1-11(19-23-17(3,4)18(5,6)24-19)12(2)20-15(21)13-9-7-8-10-14(13)16(20)22/h7-10,12H,1H2,2-6H3. The van der Waals surface area contributed by atoms with E-state index >= 15 is 0 Å². The van der Waals surface area contributed by atoms with E-state index < -0.39 is 24.4 Å². The number of carbonyl (C=O) groups is 2. The molecule has 2 aliphatic heterocycles. The third kappa shape index (κ3) is 2.33. The number of benzene rings is 1. The van der Waals surface area contributed by atoms with Crippen molar-refractivity contribution in [2.45, 2.75) is 51.9 Å². The largest absolute Gasteiger partial charge is 0.492 e. The molecule has 1 fully saturated rings. The van der Waals surface area contributed by atoms with E-state index in [0.717, 1.165) is 0 Å². The number of imide groups is 1. The summed E-state index contributed by atoms with van der Waals surface area (Å²) in [6.07, 6.45) is 0. The lowest BCUT2D eigenvalue weighted by atomic mass is 9.75. The number of fused-ring (bicyclic) bond motifs is 1. The fourth-order valence-corrected chi connectivity index (χ4v) is 2.92. The van der Waals surface area contributed by atoms with Crippen molar-refractivity contribution in [1.29, 1.82) is 0 Å². The van der Waals surface area contributed by atoms with Gasteiger partial charge in [-0.2, -0.15) is 0 Å². The Hall–Kier alpha value is -1.92. The Bertz CT molecular complexity index is 689. The number of hydrogen-bond donors (Lipinski definition) is 0. The van der Waals surface area contributed by atoms with Gasteiger partial charge in [0.2, 0.25) is 0 Å². The Morgan fingerprint density at radius 2 is 1.46 bits per heavy atom. The quantitative estimate of drug-likeness (QED) is 0.633. The van der Waals surface area contributed by atoms with Crippen LogP contribution >= 0.6 is 0 Å². The lowest BCUT2D eigenvalue weighted by molar-refractivity contribution is 0.00578. The molecule has 0 bridgehead atoms. The third-order valence-corrected chi connectivity index (χ3v) is 5.31. The second-order valence-electron chi connectivity index (χ2n) is 7.37. The zero-order valence-corrected chi connectivity index (χ0v) is 14.8. The lowest BCUT2D eigenvalue weighted by Crippen LogP contribution is -2.43. The minimum absolute atomic E-state index is 0.305. The topological polar surface area (TPSA) is 55.8 Å². The van der Waals surface area contributed by atoms with Gasteiger partial charge in [-0.15, -0.1) is 6.58 Å². The van der Waals surface area contributed by atoms with Crippen molar-refractivity contribution >= 4 is 18.9 Å². The molecule has 0 N–H and O–H groups in total. The van der Waals surface area contributed by atoms with Crippen molar-refractivity contribution in [3.05, 3.63) is 47.4 Å². The molecule has 0 spiro atoms. The zero-order chi connectivity index (χ0) is 17.9.